The summed E-state index contributed by atoms with van der Waals surface area (Å²) in [7, 11) is 1.91. The van der Waals surface area contributed by atoms with Gasteiger partial charge in [0.1, 0.15) is 0 Å². The van der Waals surface area contributed by atoms with E-state index in [2.05, 4.69) is 29.2 Å². The summed E-state index contributed by atoms with van der Waals surface area (Å²) >= 11 is 6.28. The molecular weight excluding hydrogens is 260 g/mol. The molecule has 0 aliphatic carbocycles. The van der Waals surface area contributed by atoms with E-state index in [4.69, 9.17) is 11.6 Å². The van der Waals surface area contributed by atoms with Gasteiger partial charge in [0.2, 0.25) is 0 Å². The predicted molar refractivity (Wildman–Crippen MR) is 77.3 cm³/mol. The molecular formula is C14H19ClN4. The summed E-state index contributed by atoms with van der Waals surface area (Å²) in [6.07, 6.45) is 6.45. The van der Waals surface area contributed by atoms with Crippen LogP contribution in [0, 0.1) is 6.92 Å². The highest BCUT2D eigenvalue weighted by molar-refractivity contribution is 6.31. The van der Waals surface area contributed by atoms with E-state index >= 15 is 0 Å². The molecule has 2 heterocycles. The van der Waals surface area contributed by atoms with Crippen LogP contribution >= 0.6 is 11.6 Å². The summed E-state index contributed by atoms with van der Waals surface area (Å²) in [6, 6.07) is 2.04. The molecule has 2 aromatic heterocycles. The molecule has 0 fully saturated rings. The number of pyridine rings is 1. The Morgan fingerprint density at radius 1 is 1.42 bits per heavy atom. The Labute approximate surface area is 118 Å². The molecule has 0 amide bonds. The Kier molecular flexibility index (Phi) is 4.56. The molecule has 2 rings (SSSR count). The van der Waals surface area contributed by atoms with Gasteiger partial charge in [-0.15, -0.1) is 0 Å². The Balaban J connectivity index is 2.45. The first-order valence-electron chi connectivity index (χ1n) is 6.46. The van der Waals surface area contributed by atoms with Gasteiger partial charge in [-0.3, -0.25) is 9.67 Å². The summed E-state index contributed by atoms with van der Waals surface area (Å²) < 4.78 is 1.82. The summed E-state index contributed by atoms with van der Waals surface area (Å²) in [5, 5.41) is 8.43. The topological polar surface area (TPSA) is 42.7 Å². The van der Waals surface area contributed by atoms with Crippen LogP contribution in [-0.2, 0) is 7.05 Å². The van der Waals surface area contributed by atoms with Crippen molar-refractivity contribution in [3.8, 4) is 0 Å². The second kappa shape index (κ2) is 6.17. The molecule has 0 saturated heterocycles. The zero-order valence-electron chi connectivity index (χ0n) is 11.5. The fourth-order valence-corrected chi connectivity index (χ4v) is 2.44. The average Bonchev–Trinajstić information content (AvgIpc) is 2.73. The van der Waals surface area contributed by atoms with Gasteiger partial charge in [-0.1, -0.05) is 18.5 Å². The normalized spacial score (nSPS) is 12.6. The zero-order chi connectivity index (χ0) is 13.8. The molecule has 19 heavy (non-hydrogen) atoms. The lowest BCUT2D eigenvalue weighted by molar-refractivity contribution is 0.550. The monoisotopic (exact) mass is 278 g/mol. The lowest BCUT2D eigenvalue weighted by Gasteiger charge is -2.21. The van der Waals surface area contributed by atoms with Crippen molar-refractivity contribution in [3.63, 3.8) is 0 Å². The van der Waals surface area contributed by atoms with Gasteiger partial charge in [0.05, 0.1) is 23.0 Å². The number of rotatable bonds is 5. The standard InChI is InChI=1S/C14H19ClN4/c1-4-6-17-13(11-8-16-7-5-10(11)2)14-12(15)9-18-19(14)3/h5,7-9,13,17H,4,6H2,1-3H3. The summed E-state index contributed by atoms with van der Waals surface area (Å²) in [5.74, 6) is 0. The first-order valence-corrected chi connectivity index (χ1v) is 6.84. The minimum atomic E-state index is 0.0219. The molecule has 2 aromatic rings. The largest absolute Gasteiger partial charge is 0.305 e. The molecule has 1 atom stereocenters. The molecule has 0 radical (unpaired) electrons. The first-order chi connectivity index (χ1) is 9.15. The highest BCUT2D eigenvalue weighted by atomic mass is 35.5. The summed E-state index contributed by atoms with van der Waals surface area (Å²) in [5.41, 5.74) is 3.31. The molecule has 4 nitrogen and oxygen atoms in total. The highest BCUT2D eigenvalue weighted by Crippen LogP contribution is 2.29. The number of nitrogens with zero attached hydrogens (tertiary/aromatic N) is 3. The molecule has 1 N–H and O–H groups in total. The van der Waals surface area contributed by atoms with Crippen LogP contribution in [0.1, 0.15) is 36.2 Å². The third-order valence-corrected chi connectivity index (χ3v) is 3.49. The van der Waals surface area contributed by atoms with E-state index in [1.165, 1.54) is 5.56 Å². The van der Waals surface area contributed by atoms with Gasteiger partial charge in [0, 0.05) is 19.4 Å². The van der Waals surface area contributed by atoms with E-state index < -0.39 is 0 Å². The molecule has 0 aromatic carbocycles. The number of halogens is 1. The highest BCUT2D eigenvalue weighted by Gasteiger charge is 2.21. The van der Waals surface area contributed by atoms with Crippen LogP contribution in [0.3, 0.4) is 0 Å². The van der Waals surface area contributed by atoms with Gasteiger partial charge in [0.25, 0.3) is 0 Å². The van der Waals surface area contributed by atoms with E-state index in [9.17, 15) is 0 Å². The molecule has 1 unspecified atom stereocenters. The Bertz CT molecular complexity index is 531. The van der Waals surface area contributed by atoms with Gasteiger partial charge >= 0.3 is 0 Å². The Morgan fingerprint density at radius 2 is 2.21 bits per heavy atom. The number of aryl methyl sites for hydroxylation is 2. The van der Waals surface area contributed by atoms with Gasteiger partial charge in [-0.2, -0.15) is 5.10 Å². The van der Waals surface area contributed by atoms with Crippen LogP contribution < -0.4 is 5.32 Å². The SMILES string of the molecule is CCCNC(c1cnccc1C)c1c(Cl)cnn1C. The molecule has 0 saturated carbocycles. The van der Waals surface area contributed by atoms with E-state index in [1.807, 2.05) is 24.0 Å². The fourth-order valence-electron chi connectivity index (χ4n) is 2.17. The summed E-state index contributed by atoms with van der Waals surface area (Å²) in [4.78, 5) is 4.23. The molecule has 0 aliphatic heterocycles. The molecule has 0 spiro atoms. The van der Waals surface area contributed by atoms with E-state index in [0.717, 1.165) is 24.2 Å². The maximum atomic E-state index is 6.28. The summed E-state index contributed by atoms with van der Waals surface area (Å²) in [6.45, 7) is 5.15. The van der Waals surface area contributed by atoms with Crippen molar-refractivity contribution in [3.05, 3.63) is 46.5 Å². The fraction of sp³-hybridized carbons (Fsp3) is 0.429. The van der Waals surface area contributed by atoms with Crippen molar-refractivity contribution in [1.82, 2.24) is 20.1 Å². The van der Waals surface area contributed by atoms with Gasteiger partial charge < -0.3 is 5.32 Å². The number of nitrogens with one attached hydrogen (secondary N) is 1. The van der Waals surface area contributed by atoms with Crippen molar-refractivity contribution in [2.75, 3.05) is 6.54 Å². The van der Waals surface area contributed by atoms with E-state index in [1.54, 1.807) is 12.4 Å². The van der Waals surface area contributed by atoms with E-state index in [0.29, 0.717) is 5.02 Å². The Morgan fingerprint density at radius 3 is 2.79 bits per heavy atom. The molecule has 0 aliphatic rings. The maximum Gasteiger partial charge on any atom is 0.0837 e. The Hall–Kier alpha value is -1.39. The van der Waals surface area contributed by atoms with Crippen molar-refractivity contribution in [2.24, 2.45) is 7.05 Å². The van der Waals surface area contributed by atoms with Crippen molar-refractivity contribution >= 4 is 11.6 Å². The predicted octanol–water partition coefficient (Wildman–Crippen LogP) is 2.87. The smallest absolute Gasteiger partial charge is 0.0837 e. The van der Waals surface area contributed by atoms with Crippen LogP contribution in [-0.4, -0.2) is 21.3 Å². The minimum Gasteiger partial charge on any atom is -0.305 e. The van der Waals surface area contributed by atoms with E-state index in [-0.39, 0.29) is 6.04 Å². The number of aromatic nitrogens is 3. The number of hydrogen-bond acceptors (Lipinski definition) is 3. The van der Waals surface area contributed by atoms with Gasteiger partial charge in [-0.05, 0) is 37.1 Å². The van der Waals surface area contributed by atoms with Crippen molar-refractivity contribution in [1.29, 1.82) is 0 Å². The lowest BCUT2D eigenvalue weighted by Crippen LogP contribution is -2.26. The maximum absolute atomic E-state index is 6.28. The average molecular weight is 279 g/mol. The minimum absolute atomic E-state index is 0.0219. The van der Waals surface area contributed by atoms with Crippen LogP contribution in [0.5, 0.6) is 0 Å². The van der Waals surface area contributed by atoms with Crippen LogP contribution in [0.2, 0.25) is 5.02 Å². The third-order valence-electron chi connectivity index (χ3n) is 3.20. The quantitative estimate of drug-likeness (QED) is 0.914. The van der Waals surface area contributed by atoms with Crippen LogP contribution in [0.15, 0.2) is 24.7 Å². The lowest BCUT2D eigenvalue weighted by atomic mass is 10.0. The molecule has 5 heteroatoms. The third kappa shape index (κ3) is 2.96. The molecule has 102 valence electrons. The second-order valence-electron chi connectivity index (χ2n) is 4.62. The van der Waals surface area contributed by atoms with Crippen molar-refractivity contribution < 1.29 is 0 Å². The second-order valence-corrected chi connectivity index (χ2v) is 5.03. The van der Waals surface area contributed by atoms with Crippen LogP contribution in [0.4, 0.5) is 0 Å². The first kappa shape index (κ1) is 14.0. The van der Waals surface area contributed by atoms with Crippen molar-refractivity contribution in [2.45, 2.75) is 26.3 Å². The van der Waals surface area contributed by atoms with Gasteiger partial charge in [-0.25, -0.2) is 0 Å². The number of hydrogen-bond donors (Lipinski definition) is 1. The molecule has 0 bridgehead atoms. The van der Waals surface area contributed by atoms with Crippen LogP contribution in [0.25, 0.3) is 0 Å². The zero-order valence-corrected chi connectivity index (χ0v) is 12.3. The van der Waals surface area contributed by atoms with Gasteiger partial charge in [0.15, 0.2) is 0 Å².